The largest absolute Gasteiger partial charge is 0.496 e. The fourth-order valence-electron chi connectivity index (χ4n) is 3.32. The topological polar surface area (TPSA) is 67.6 Å². The van der Waals surface area contributed by atoms with Crippen LogP contribution in [0.3, 0.4) is 0 Å². The maximum atomic E-state index is 12.7. The van der Waals surface area contributed by atoms with Crippen LogP contribution in [-0.2, 0) is 0 Å². The van der Waals surface area contributed by atoms with E-state index in [-0.39, 0.29) is 5.91 Å². The quantitative estimate of drug-likeness (QED) is 0.831. The fraction of sp³-hybridized carbons (Fsp3) is 0.350. The van der Waals surface area contributed by atoms with Crippen molar-refractivity contribution in [2.75, 3.05) is 36.1 Å². The van der Waals surface area contributed by atoms with Gasteiger partial charge < -0.3 is 20.7 Å². The lowest BCUT2D eigenvalue weighted by Crippen LogP contribution is -2.30. The molecule has 0 aliphatic carbocycles. The Hall–Kier alpha value is -2.69. The van der Waals surface area contributed by atoms with Crippen LogP contribution in [0.5, 0.6) is 5.75 Å². The smallest absolute Gasteiger partial charge is 0.259 e. The summed E-state index contributed by atoms with van der Waals surface area (Å²) in [5, 5.41) is 2.94. The normalized spacial score (nSPS) is 14.2. The summed E-state index contributed by atoms with van der Waals surface area (Å²) >= 11 is 0. The molecule has 1 amide bonds. The molecule has 0 atom stereocenters. The first kappa shape index (κ1) is 17.1. The van der Waals surface area contributed by atoms with E-state index in [9.17, 15) is 4.79 Å². The van der Waals surface area contributed by atoms with Crippen LogP contribution >= 0.6 is 0 Å². The number of piperidine rings is 1. The highest BCUT2D eigenvalue weighted by Gasteiger charge is 2.17. The second kappa shape index (κ2) is 7.47. The number of nitrogens with two attached hydrogens (primary N) is 1. The third kappa shape index (κ3) is 3.71. The summed E-state index contributed by atoms with van der Waals surface area (Å²) < 4.78 is 5.27. The van der Waals surface area contributed by atoms with Crippen molar-refractivity contribution in [2.45, 2.75) is 26.2 Å². The average molecular weight is 339 g/mol. The van der Waals surface area contributed by atoms with Crippen molar-refractivity contribution >= 4 is 23.0 Å². The van der Waals surface area contributed by atoms with Gasteiger partial charge >= 0.3 is 0 Å². The van der Waals surface area contributed by atoms with Gasteiger partial charge in [-0.05, 0) is 56.0 Å². The Labute approximate surface area is 148 Å². The summed E-state index contributed by atoms with van der Waals surface area (Å²) in [6.07, 6.45) is 3.68. The van der Waals surface area contributed by atoms with E-state index < -0.39 is 0 Å². The zero-order valence-electron chi connectivity index (χ0n) is 14.8. The van der Waals surface area contributed by atoms with E-state index in [1.54, 1.807) is 19.2 Å². The number of amides is 1. The Morgan fingerprint density at radius 1 is 1.16 bits per heavy atom. The molecular weight excluding hydrogens is 314 g/mol. The minimum atomic E-state index is -0.224. The maximum absolute atomic E-state index is 12.7. The molecule has 2 aromatic carbocycles. The molecular formula is C20H25N3O2. The number of para-hydroxylation sites is 1. The Morgan fingerprint density at radius 2 is 1.88 bits per heavy atom. The second-order valence-electron chi connectivity index (χ2n) is 6.43. The van der Waals surface area contributed by atoms with E-state index in [2.05, 4.69) is 17.1 Å². The summed E-state index contributed by atoms with van der Waals surface area (Å²) in [5.74, 6) is 0.319. The second-order valence-corrected chi connectivity index (χ2v) is 6.43. The number of methoxy groups -OCH3 is 1. The van der Waals surface area contributed by atoms with Gasteiger partial charge in [-0.15, -0.1) is 0 Å². The lowest BCUT2D eigenvalue weighted by molar-refractivity contribution is 0.102. The van der Waals surface area contributed by atoms with Crippen molar-refractivity contribution in [3.8, 4) is 5.75 Å². The third-order valence-corrected chi connectivity index (χ3v) is 4.66. The number of rotatable bonds is 4. The monoisotopic (exact) mass is 339 g/mol. The van der Waals surface area contributed by atoms with Crippen LogP contribution in [0.25, 0.3) is 0 Å². The molecule has 1 aliphatic heterocycles. The molecule has 5 nitrogen and oxygen atoms in total. The van der Waals surface area contributed by atoms with Crippen LogP contribution in [0, 0.1) is 6.92 Å². The summed E-state index contributed by atoms with van der Waals surface area (Å²) in [7, 11) is 1.56. The van der Waals surface area contributed by atoms with E-state index in [0.717, 1.165) is 24.3 Å². The summed E-state index contributed by atoms with van der Waals surface area (Å²) in [4.78, 5) is 15.0. The molecule has 0 radical (unpaired) electrons. The van der Waals surface area contributed by atoms with Gasteiger partial charge in [0.2, 0.25) is 0 Å². The SMILES string of the molecule is COc1ccccc1C(=O)Nc1cc(N2CCCCC2)c(C)cc1N. The first-order chi connectivity index (χ1) is 12.1. The highest BCUT2D eigenvalue weighted by Crippen LogP contribution is 2.32. The molecule has 0 unspecified atom stereocenters. The number of aryl methyl sites for hydroxylation is 1. The van der Waals surface area contributed by atoms with Crippen LogP contribution in [0.1, 0.15) is 35.2 Å². The van der Waals surface area contributed by atoms with Crippen molar-refractivity contribution in [3.63, 3.8) is 0 Å². The lowest BCUT2D eigenvalue weighted by atomic mass is 10.1. The van der Waals surface area contributed by atoms with Crippen LogP contribution in [0.4, 0.5) is 17.1 Å². The standard InChI is InChI=1S/C20H25N3O2/c1-14-12-16(21)17(13-18(14)23-10-6-3-7-11-23)22-20(24)15-8-4-5-9-19(15)25-2/h4-5,8-9,12-13H,3,6-7,10-11,21H2,1-2H3,(H,22,24). The summed E-state index contributed by atoms with van der Waals surface area (Å²) in [5.41, 5.74) is 10.1. The third-order valence-electron chi connectivity index (χ3n) is 4.66. The number of ether oxygens (including phenoxy) is 1. The molecule has 2 aromatic rings. The van der Waals surface area contributed by atoms with Gasteiger partial charge in [0.25, 0.3) is 5.91 Å². The number of carbonyl (C=O) groups is 1. The Morgan fingerprint density at radius 3 is 2.60 bits per heavy atom. The first-order valence-electron chi connectivity index (χ1n) is 8.69. The molecule has 25 heavy (non-hydrogen) atoms. The molecule has 3 N–H and O–H groups in total. The molecule has 3 rings (SSSR count). The number of nitrogen functional groups attached to an aromatic ring is 1. The molecule has 1 heterocycles. The van der Waals surface area contributed by atoms with Crippen molar-refractivity contribution in [3.05, 3.63) is 47.5 Å². The van der Waals surface area contributed by atoms with Gasteiger partial charge in [0.1, 0.15) is 5.75 Å². The summed E-state index contributed by atoms with van der Waals surface area (Å²) in [6.45, 7) is 4.15. The molecule has 0 bridgehead atoms. The van der Waals surface area contributed by atoms with E-state index in [1.165, 1.54) is 19.3 Å². The van der Waals surface area contributed by atoms with Crippen molar-refractivity contribution < 1.29 is 9.53 Å². The molecule has 1 fully saturated rings. The zero-order chi connectivity index (χ0) is 17.8. The number of nitrogens with one attached hydrogen (secondary N) is 1. The van der Waals surface area contributed by atoms with Crippen LogP contribution in [0.2, 0.25) is 0 Å². The zero-order valence-corrected chi connectivity index (χ0v) is 14.8. The molecule has 1 saturated heterocycles. The number of nitrogens with zero attached hydrogens (tertiary/aromatic N) is 1. The summed E-state index contributed by atoms with van der Waals surface area (Å²) in [6, 6.07) is 11.1. The van der Waals surface area contributed by atoms with Gasteiger partial charge in [0, 0.05) is 18.8 Å². The minimum absolute atomic E-state index is 0.224. The number of anilines is 3. The molecule has 5 heteroatoms. The van der Waals surface area contributed by atoms with Crippen LogP contribution in [-0.4, -0.2) is 26.1 Å². The van der Waals surface area contributed by atoms with Gasteiger partial charge in [-0.2, -0.15) is 0 Å². The minimum Gasteiger partial charge on any atom is -0.496 e. The lowest BCUT2D eigenvalue weighted by Gasteiger charge is -2.31. The van der Waals surface area contributed by atoms with Crippen molar-refractivity contribution in [1.82, 2.24) is 0 Å². The van der Waals surface area contributed by atoms with Gasteiger partial charge in [-0.25, -0.2) is 0 Å². The van der Waals surface area contributed by atoms with Crippen LogP contribution in [0.15, 0.2) is 36.4 Å². The highest BCUT2D eigenvalue weighted by atomic mass is 16.5. The fourth-order valence-corrected chi connectivity index (χ4v) is 3.32. The van der Waals surface area contributed by atoms with Gasteiger partial charge in [0.15, 0.2) is 0 Å². The predicted molar refractivity (Wildman–Crippen MR) is 103 cm³/mol. The van der Waals surface area contributed by atoms with E-state index in [4.69, 9.17) is 10.5 Å². The first-order valence-corrected chi connectivity index (χ1v) is 8.69. The van der Waals surface area contributed by atoms with Gasteiger partial charge in [0.05, 0.1) is 24.0 Å². The predicted octanol–water partition coefficient (Wildman–Crippen LogP) is 3.83. The Kier molecular flexibility index (Phi) is 5.12. The van der Waals surface area contributed by atoms with E-state index in [0.29, 0.717) is 22.7 Å². The molecule has 0 spiro atoms. The number of hydrogen-bond acceptors (Lipinski definition) is 4. The van der Waals surface area contributed by atoms with Gasteiger partial charge in [-0.3, -0.25) is 4.79 Å². The maximum Gasteiger partial charge on any atom is 0.259 e. The highest BCUT2D eigenvalue weighted by molar-refractivity contribution is 6.07. The van der Waals surface area contributed by atoms with Gasteiger partial charge in [-0.1, -0.05) is 12.1 Å². The van der Waals surface area contributed by atoms with Crippen molar-refractivity contribution in [1.29, 1.82) is 0 Å². The van der Waals surface area contributed by atoms with Crippen molar-refractivity contribution in [2.24, 2.45) is 0 Å². The molecule has 0 saturated carbocycles. The molecule has 1 aliphatic rings. The number of carbonyl (C=O) groups excluding carboxylic acids is 1. The average Bonchev–Trinajstić information content (AvgIpc) is 2.64. The number of hydrogen-bond donors (Lipinski definition) is 2. The van der Waals surface area contributed by atoms with E-state index >= 15 is 0 Å². The van der Waals surface area contributed by atoms with Crippen LogP contribution < -0.4 is 20.7 Å². The van der Waals surface area contributed by atoms with E-state index in [1.807, 2.05) is 24.3 Å². The molecule has 0 aromatic heterocycles. The Bertz CT molecular complexity index is 768. The number of benzene rings is 2. The molecule has 132 valence electrons. The Balaban J connectivity index is 1.87.